The van der Waals surface area contributed by atoms with Gasteiger partial charge in [-0.05, 0) is 42.8 Å². The van der Waals surface area contributed by atoms with Crippen LogP contribution in [0.5, 0.6) is 5.75 Å². The highest BCUT2D eigenvalue weighted by molar-refractivity contribution is 5.69. The Labute approximate surface area is 214 Å². The first-order chi connectivity index (χ1) is 17.9. The Kier molecular flexibility index (Phi) is 6.82. The fourth-order valence-electron chi connectivity index (χ4n) is 4.10. The molecular weight excluding hydrogens is 473 g/mol. The highest BCUT2D eigenvalue weighted by atomic mass is 19.1. The van der Waals surface area contributed by atoms with Crippen LogP contribution in [-0.4, -0.2) is 65.4 Å². The van der Waals surface area contributed by atoms with Crippen molar-refractivity contribution in [1.82, 2.24) is 19.9 Å². The van der Waals surface area contributed by atoms with E-state index in [4.69, 9.17) is 9.72 Å². The fraction of sp³-hybridized carbons (Fsp3) is 0.259. The fourth-order valence-corrected chi connectivity index (χ4v) is 4.10. The van der Waals surface area contributed by atoms with Gasteiger partial charge in [-0.2, -0.15) is 0 Å². The quantitative estimate of drug-likeness (QED) is 0.398. The lowest BCUT2D eigenvalue weighted by Crippen LogP contribution is -2.37. The number of aromatic nitrogens is 4. The van der Waals surface area contributed by atoms with E-state index in [9.17, 15) is 9.50 Å². The van der Waals surface area contributed by atoms with Gasteiger partial charge in [-0.1, -0.05) is 0 Å². The molecule has 0 radical (unpaired) electrons. The Morgan fingerprint density at radius 1 is 0.919 bits per heavy atom. The van der Waals surface area contributed by atoms with Crippen LogP contribution in [0.25, 0.3) is 22.9 Å². The first-order valence-electron chi connectivity index (χ1n) is 11.9. The second-order valence-corrected chi connectivity index (χ2v) is 9.07. The number of pyridine rings is 2. The van der Waals surface area contributed by atoms with Crippen molar-refractivity contribution in [2.75, 3.05) is 55.5 Å². The maximum atomic E-state index is 14.5. The molecule has 2 N–H and O–H groups in total. The topological polar surface area (TPSA) is 99.5 Å². The maximum absolute atomic E-state index is 14.5. The molecule has 1 fully saturated rings. The minimum absolute atomic E-state index is 0.176. The summed E-state index contributed by atoms with van der Waals surface area (Å²) in [5, 5.41) is 13.3. The second-order valence-electron chi connectivity index (χ2n) is 9.07. The molecular formula is C27H28FN7O2. The molecule has 1 aliphatic heterocycles. The third kappa shape index (κ3) is 5.59. The van der Waals surface area contributed by atoms with Crippen LogP contribution in [0.4, 0.5) is 27.3 Å². The van der Waals surface area contributed by atoms with Gasteiger partial charge in [0.05, 0.1) is 42.7 Å². The number of halogens is 1. The largest absolute Gasteiger partial charge is 0.508 e. The lowest BCUT2D eigenvalue weighted by molar-refractivity contribution is 0.122. The van der Waals surface area contributed by atoms with Crippen molar-refractivity contribution < 1.29 is 14.2 Å². The predicted octanol–water partition coefficient (Wildman–Crippen LogP) is 4.40. The smallest absolute Gasteiger partial charge is 0.183 e. The van der Waals surface area contributed by atoms with Crippen LogP contribution < -0.4 is 15.1 Å². The van der Waals surface area contributed by atoms with E-state index < -0.39 is 5.82 Å². The second kappa shape index (κ2) is 10.4. The van der Waals surface area contributed by atoms with Gasteiger partial charge in [-0.25, -0.2) is 19.3 Å². The van der Waals surface area contributed by atoms with E-state index in [0.29, 0.717) is 49.2 Å². The van der Waals surface area contributed by atoms with Crippen molar-refractivity contribution in [2.45, 2.75) is 6.92 Å². The van der Waals surface area contributed by atoms with E-state index in [2.05, 4.69) is 20.3 Å². The number of nitrogens with one attached hydrogen (secondary N) is 1. The summed E-state index contributed by atoms with van der Waals surface area (Å²) in [5.41, 5.74) is 5.24. The Balaban J connectivity index is 1.40. The summed E-state index contributed by atoms with van der Waals surface area (Å²) in [6, 6.07) is 12.9. The summed E-state index contributed by atoms with van der Waals surface area (Å²) in [6.45, 7) is 4.17. The van der Waals surface area contributed by atoms with Crippen LogP contribution in [-0.2, 0) is 4.74 Å². The first-order valence-corrected chi connectivity index (χ1v) is 11.9. The van der Waals surface area contributed by atoms with Gasteiger partial charge in [0.25, 0.3) is 0 Å². The number of morpholine rings is 1. The lowest BCUT2D eigenvalue weighted by atomic mass is 10.1. The SMILES string of the molecule is Cc1cc(-c2ccc(Nc3cc(O)cc(N(C)C)c3)cn2)nc(-c2ncc(F)c(N3CCOCC3)n2)c1. The third-order valence-electron chi connectivity index (χ3n) is 5.97. The van der Waals surface area contributed by atoms with Gasteiger partial charge in [-0.3, -0.25) is 4.98 Å². The van der Waals surface area contributed by atoms with E-state index >= 15 is 0 Å². The van der Waals surface area contributed by atoms with Crippen LogP contribution >= 0.6 is 0 Å². The standard InChI is InChI=1S/C27H28FN7O2/c1-17-10-24(23-5-4-18(15-29-23)31-19-12-20(34(2)3)14-21(36)13-19)32-25(11-17)26-30-16-22(28)27(33-26)35-6-8-37-9-7-35/h4-5,10-16,31,36H,6-9H2,1-3H3. The van der Waals surface area contributed by atoms with Crippen LogP contribution in [0.15, 0.2) is 54.9 Å². The summed E-state index contributed by atoms with van der Waals surface area (Å²) in [7, 11) is 3.83. The Morgan fingerprint density at radius 3 is 2.43 bits per heavy atom. The van der Waals surface area contributed by atoms with E-state index in [1.165, 1.54) is 6.20 Å². The van der Waals surface area contributed by atoms with Crippen molar-refractivity contribution in [3.63, 3.8) is 0 Å². The molecule has 37 heavy (non-hydrogen) atoms. The van der Waals surface area contributed by atoms with Gasteiger partial charge >= 0.3 is 0 Å². The van der Waals surface area contributed by atoms with Crippen LogP contribution in [0.1, 0.15) is 5.56 Å². The van der Waals surface area contributed by atoms with Gasteiger partial charge in [-0.15, -0.1) is 0 Å². The molecule has 10 heteroatoms. The number of phenolic OH excluding ortho intramolecular Hbond substituents is 1. The van der Waals surface area contributed by atoms with Gasteiger partial charge in [0.1, 0.15) is 11.4 Å². The van der Waals surface area contributed by atoms with Crippen molar-refractivity contribution in [3.8, 4) is 28.7 Å². The zero-order valence-corrected chi connectivity index (χ0v) is 20.9. The predicted molar refractivity (Wildman–Crippen MR) is 142 cm³/mol. The Morgan fingerprint density at radius 2 is 1.70 bits per heavy atom. The van der Waals surface area contributed by atoms with Gasteiger partial charge in [0.15, 0.2) is 17.5 Å². The molecule has 0 unspecified atom stereocenters. The van der Waals surface area contributed by atoms with Crippen molar-refractivity contribution >= 4 is 22.9 Å². The molecule has 0 spiro atoms. The third-order valence-corrected chi connectivity index (χ3v) is 5.97. The summed E-state index contributed by atoms with van der Waals surface area (Å²) >= 11 is 0. The molecule has 4 aromatic rings. The summed E-state index contributed by atoms with van der Waals surface area (Å²) in [6.07, 6.45) is 2.90. The summed E-state index contributed by atoms with van der Waals surface area (Å²) < 4.78 is 19.9. The minimum atomic E-state index is -0.465. The van der Waals surface area contributed by atoms with Crippen molar-refractivity contribution in [3.05, 3.63) is 66.2 Å². The number of hydrogen-bond donors (Lipinski definition) is 2. The lowest BCUT2D eigenvalue weighted by Gasteiger charge is -2.28. The Hall–Kier alpha value is -4.31. The normalized spacial score (nSPS) is 13.5. The first kappa shape index (κ1) is 24.4. The molecule has 190 valence electrons. The van der Waals surface area contributed by atoms with Crippen molar-refractivity contribution in [2.24, 2.45) is 0 Å². The molecule has 0 bridgehead atoms. The molecule has 9 nitrogen and oxygen atoms in total. The van der Waals surface area contributed by atoms with E-state index in [0.717, 1.165) is 22.6 Å². The zero-order chi connectivity index (χ0) is 25.9. The number of nitrogens with zero attached hydrogens (tertiary/aromatic N) is 6. The highest BCUT2D eigenvalue weighted by Crippen LogP contribution is 2.29. The molecule has 0 aliphatic carbocycles. The number of aryl methyl sites for hydroxylation is 1. The molecule has 5 rings (SSSR count). The molecule has 0 saturated carbocycles. The average molecular weight is 502 g/mol. The van der Waals surface area contributed by atoms with Crippen LogP contribution in [0, 0.1) is 12.7 Å². The number of benzene rings is 1. The van der Waals surface area contributed by atoms with E-state index in [1.54, 1.807) is 18.3 Å². The molecule has 0 atom stereocenters. The van der Waals surface area contributed by atoms with Crippen LogP contribution in [0.2, 0.25) is 0 Å². The van der Waals surface area contributed by atoms with Gasteiger partial charge in [0, 0.05) is 50.7 Å². The zero-order valence-electron chi connectivity index (χ0n) is 20.9. The van der Waals surface area contributed by atoms with Gasteiger partial charge in [0.2, 0.25) is 0 Å². The summed E-state index contributed by atoms with van der Waals surface area (Å²) in [4.78, 5) is 21.8. The minimum Gasteiger partial charge on any atom is -0.508 e. The summed E-state index contributed by atoms with van der Waals surface area (Å²) in [5.74, 6) is 0.324. The number of anilines is 4. The number of aromatic hydroxyl groups is 1. The molecule has 1 aromatic carbocycles. The molecule has 3 aromatic heterocycles. The molecule has 1 saturated heterocycles. The maximum Gasteiger partial charge on any atom is 0.183 e. The van der Waals surface area contributed by atoms with Gasteiger partial charge < -0.3 is 25.0 Å². The number of phenols is 1. The van der Waals surface area contributed by atoms with E-state index in [1.807, 2.05) is 61.2 Å². The number of ether oxygens (including phenoxy) is 1. The highest BCUT2D eigenvalue weighted by Gasteiger charge is 2.19. The number of rotatable bonds is 6. The van der Waals surface area contributed by atoms with E-state index in [-0.39, 0.29) is 11.6 Å². The number of hydrogen-bond acceptors (Lipinski definition) is 9. The molecule has 4 heterocycles. The average Bonchev–Trinajstić information content (AvgIpc) is 2.89. The van der Waals surface area contributed by atoms with Crippen molar-refractivity contribution in [1.29, 1.82) is 0 Å². The van der Waals surface area contributed by atoms with Crippen LogP contribution in [0.3, 0.4) is 0 Å². The Bertz CT molecular complexity index is 1410. The monoisotopic (exact) mass is 501 g/mol. The molecule has 0 amide bonds. The molecule has 1 aliphatic rings.